The van der Waals surface area contributed by atoms with E-state index in [1.54, 1.807) is 29.2 Å². The molecule has 1 N–H and O–H groups in total. The van der Waals surface area contributed by atoms with Gasteiger partial charge < -0.3 is 19.4 Å². The minimum absolute atomic E-state index is 0.211. The summed E-state index contributed by atoms with van der Waals surface area (Å²) >= 11 is 0. The van der Waals surface area contributed by atoms with Gasteiger partial charge in [-0.05, 0) is 60.5 Å². The summed E-state index contributed by atoms with van der Waals surface area (Å²) in [5, 5.41) is 2.75. The van der Waals surface area contributed by atoms with Crippen LogP contribution in [0.15, 0.2) is 65.3 Å². The van der Waals surface area contributed by atoms with Crippen molar-refractivity contribution >= 4 is 23.2 Å². The van der Waals surface area contributed by atoms with Crippen LogP contribution in [0.4, 0.5) is 15.8 Å². The number of hydrogen-bond donors (Lipinski definition) is 1. The fourth-order valence-corrected chi connectivity index (χ4v) is 3.08. The maximum atomic E-state index is 12.9. The summed E-state index contributed by atoms with van der Waals surface area (Å²) in [5.41, 5.74) is 2.34. The van der Waals surface area contributed by atoms with Gasteiger partial charge in [0, 0.05) is 17.9 Å². The van der Waals surface area contributed by atoms with Crippen molar-refractivity contribution in [2.45, 2.75) is 6.42 Å². The number of rotatable bonds is 5. The molecule has 2 amide bonds. The molecule has 3 aromatic rings. The minimum Gasteiger partial charge on any atom is -0.484 e. The first-order chi connectivity index (χ1) is 13.6. The molecular weight excluding hydrogens is 363 g/mol. The summed E-state index contributed by atoms with van der Waals surface area (Å²) < 4.78 is 23.4. The Morgan fingerprint density at radius 2 is 1.96 bits per heavy atom. The van der Waals surface area contributed by atoms with Crippen LogP contribution in [-0.4, -0.2) is 25.0 Å². The highest BCUT2D eigenvalue weighted by atomic mass is 19.1. The molecule has 2 aromatic carbocycles. The molecule has 6 nitrogen and oxygen atoms in total. The van der Waals surface area contributed by atoms with Crippen molar-refractivity contribution in [1.29, 1.82) is 0 Å². The van der Waals surface area contributed by atoms with E-state index < -0.39 is 0 Å². The molecule has 0 aliphatic carbocycles. The topological polar surface area (TPSA) is 71.8 Å². The van der Waals surface area contributed by atoms with Gasteiger partial charge in [-0.2, -0.15) is 0 Å². The van der Waals surface area contributed by atoms with Crippen LogP contribution in [0.2, 0.25) is 0 Å². The van der Waals surface area contributed by atoms with E-state index in [2.05, 4.69) is 5.32 Å². The highest BCUT2D eigenvalue weighted by Crippen LogP contribution is 2.32. The van der Waals surface area contributed by atoms with Gasteiger partial charge in [-0.15, -0.1) is 0 Å². The smallest absolute Gasteiger partial charge is 0.293 e. The first-order valence-electron chi connectivity index (χ1n) is 8.77. The lowest BCUT2D eigenvalue weighted by atomic mass is 10.1. The summed E-state index contributed by atoms with van der Waals surface area (Å²) in [6.07, 6.45) is 2.20. The third kappa shape index (κ3) is 3.73. The number of anilines is 2. The van der Waals surface area contributed by atoms with Gasteiger partial charge in [-0.25, -0.2) is 4.39 Å². The van der Waals surface area contributed by atoms with Gasteiger partial charge in [0.1, 0.15) is 11.6 Å². The van der Waals surface area contributed by atoms with Crippen LogP contribution in [0.1, 0.15) is 16.1 Å². The number of benzene rings is 2. The number of carbonyl (C=O) groups excluding carboxylic acids is 2. The number of furan rings is 1. The van der Waals surface area contributed by atoms with Gasteiger partial charge in [0.05, 0.1) is 6.26 Å². The molecule has 28 heavy (non-hydrogen) atoms. The number of nitrogens with zero attached hydrogens (tertiary/aromatic N) is 1. The molecule has 0 unspecified atom stereocenters. The fraction of sp³-hybridized carbons (Fsp3) is 0.143. The van der Waals surface area contributed by atoms with Crippen LogP contribution in [0.3, 0.4) is 0 Å². The van der Waals surface area contributed by atoms with Gasteiger partial charge in [0.25, 0.3) is 11.8 Å². The molecule has 142 valence electrons. The van der Waals surface area contributed by atoms with Gasteiger partial charge in [-0.3, -0.25) is 9.59 Å². The quantitative estimate of drug-likeness (QED) is 0.734. The molecule has 1 aliphatic heterocycles. The average molecular weight is 380 g/mol. The molecule has 0 bridgehead atoms. The number of halogens is 1. The van der Waals surface area contributed by atoms with Crippen molar-refractivity contribution < 1.29 is 23.1 Å². The molecule has 2 heterocycles. The molecule has 4 rings (SSSR count). The first-order valence-corrected chi connectivity index (χ1v) is 8.77. The predicted octanol–water partition coefficient (Wildman–Crippen LogP) is 3.64. The Morgan fingerprint density at radius 3 is 2.71 bits per heavy atom. The molecule has 0 saturated carbocycles. The van der Waals surface area contributed by atoms with Crippen LogP contribution in [0, 0.1) is 5.82 Å². The lowest BCUT2D eigenvalue weighted by molar-refractivity contribution is -0.118. The molecule has 0 spiro atoms. The van der Waals surface area contributed by atoms with E-state index in [1.807, 2.05) is 6.07 Å². The number of hydrogen-bond acceptors (Lipinski definition) is 4. The third-order valence-corrected chi connectivity index (χ3v) is 4.43. The van der Waals surface area contributed by atoms with E-state index in [1.165, 1.54) is 30.5 Å². The highest BCUT2D eigenvalue weighted by molar-refractivity contribution is 6.06. The Labute approximate surface area is 160 Å². The van der Waals surface area contributed by atoms with Crippen LogP contribution in [0.25, 0.3) is 0 Å². The maximum Gasteiger partial charge on any atom is 0.293 e. The summed E-state index contributed by atoms with van der Waals surface area (Å²) in [4.78, 5) is 26.4. The molecular formula is C21H17FN2O4. The van der Waals surface area contributed by atoms with Gasteiger partial charge in [-0.1, -0.05) is 6.07 Å². The summed E-state index contributed by atoms with van der Waals surface area (Å²) in [6.45, 7) is 0.345. The second kappa shape index (κ2) is 7.56. The third-order valence-electron chi connectivity index (χ3n) is 4.43. The molecule has 1 aliphatic rings. The largest absolute Gasteiger partial charge is 0.484 e. The van der Waals surface area contributed by atoms with E-state index in [0.717, 1.165) is 17.7 Å². The maximum absolute atomic E-state index is 12.9. The Balaban J connectivity index is 1.42. The van der Waals surface area contributed by atoms with Crippen LogP contribution >= 0.6 is 0 Å². The Hall–Kier alpha value is -3.61. The molecule has 0 saturated heterocycles. The van der Waals surface area contributed by atoms with E-state index in [0.29, 0.717) is 18.0 Å². The monoisotopic (exact) mass is 380 g/mol. The molecule has 7 heteroatoms. The second-order valence-corrected chi connectivity index (χ2v) is 6.32. The second-order valence-electron chi connectivity index (χ2n) is 6.32. The van der Waals surface area contributed by atoms with Crippen molar-refractivity contribution in [1.82, 2.24) is 0 Å². The van der Waals surface area contributed by atoms with E-state index in [-0.39, 0.29) is 30.0 Å². The van der Waals surface area contributed by atoms with Crippen LogP contribution in [-0.2, 0) is 11.2 Å². The highest BCUT2D eigenvalue weighted by Gasteiger charge is 2.27. The van der Waals surface area contributed by atoms with Gasteiger partial charge >= 0.3 is 0 Å². The number of ether oxygens (including phenoxy) is 1. The zero-order chi connectivity index (χ0) is 19.5. The van der Waals surface area contributed by atoms with Crippen molar-refractivity contribution in [3.8, 4) is 5.75 Å². The number of fused-ring (bicyclic) bond motifs is 1. The molecule has 0 radical (unpaired) electrons. The minimum atomic E-state index is -0.372. The van der Waals surface area contributed by atoms with Gasteiger partial charge in [0.2, 0.25) is 0 Å². The molecule has 1 aromatic heterocycles. The van der Waals surface area contributed by atoms with Gasteiger partial charge in [0.15, 0.2) is 12.4 Å². The summed E-state index contributed by atoms with van der Waals surface area (Å²) in [6, 6.07) is 14.2. The number of amides is 2. The van der Waals surface area contributed by atoms with Crippen molar-refractivity contribution in [2.75, 3.05) is 23.4 Å². The van der Waals surface area contributed by atoms with Crippen molar-refractivity contribution in [3.05, 3.63) is 78.0 Å². The lowest BCUT2D eigenvalue weighted by Crippen LogP contribution is -2.28. The fourth-order valence-electron chi connectivity index (χ4n) is 3.08. The molecule has 0 fully saturated rings. The average Bonchev–Trinajstić information content (AvgIpc) is 3.37. The standard InChI is InChI=1S/C21H17FN2O4/c22-15-4-7-17(8-5-15)28-13-20(25)23-16-6-3-14-9-10-24(18(14)12-16)21(26)19-2-1-11-27-19/h1-8,11-12H,9-10,13H2,(H,23,25). The zero-order valence-corrected chi connectivity index (χ0v) is 14.9. The number of nitrogens with one attached hydrogen (secondary N) is 1. The van der Waals surface area contributed by atoms with E-state index >= 15 is 0 Å². The summed E-state index contributed by atoms with van der Waals surface area (Å²) in [7, 11) is 0. The normalized spacial score (nSPS) is 12.5. The first kappa shape index (κ1) is 17.8. The van der Waals surface area contributed by atoms with Crippen molar-refractivity contribution in [2.24, 2.45) is 0 Å². The molecule has 0 atom stereocenters. The SMILES string of the molecule is O=C(COc1ccc(F)cc1)Nc1ccc2c(c1)N(C(=O)c1ccco1)CC2. The number of carbonyl (C=O) groups is 2. The van der Waals surface area contributed by atoms with Crippen molar-refractivity contribution in [3.63, 3.8) is 0 Å². The zero-order valence-electron chi connectivity index (χ0n) is 14.9. The van der Waals surface area contributed by atoms with Crippen LogP contribution in [0.5, 0.6) is 5.75 Å². The summed E-state index contributed by atoms with van der Waals surface area (Å²) in [5.74, 6) is -0.266. The Morgan fingerprint density at radius 1 is 1.14 bits per heavy atom. The predicted molar refractivity (Wildman–Crippen MR) is 101 cm³/mol. The Bertz CT molecular complexity index is 1000. The lowest BCUT2D eigenvalue weighted by Gasteiger charge is -2.17. The Kier molecular flexibility index (Phi) is 4.80. The van der Waals surface area contributed by atoms with Crippen LogP contribution < -0.4 is 15.0 Å². The van der Waals surface area contributed by atoms with E-state index in [4.69, 9.17) is 9.15 Å². The van der Waals surface area contributed by atoms with E-state index in [9.17, 15) is 14.0 Å².